The van der Waals surface area contributed by atoms with E-state index in [1.54, 1.807) is 0 Å². The van der Waals surface area contributed by atoms with Crippen LogP contribution in [0.4, 0.5) is 11.5 Å². The number of anilines is 2. The van der Waals surface area contributed by atoms with Crippen LogP contribution in [0.15, 0.2) is 79.0 Å². The van der Waals surface area contributed by atoms with Gasteiger partial charge in [-0.1, -0.05) is 36.4 Å². The average Bonchev–Trinajstić information content (AvgIpc) is 3.12. The molecule has 0 spiro atoms. The first-order valence-electron chi connectivity index (χ1n) is 10.6. The molecule has 2 heterocycles. The Bertz CT molecular complexity index is 1120. The van der Waals surface area contributed by atoms with E-state index in [9.17, 15) is 0 Å². The molecule has 0 aliphatic rings. The molecule has 2 aromatic heterocycles. The standard InChI is InChI=1S/C26H29N5/c1-20-17-26(28-24-9-5-4-6-10-24)31(29-20)19-23-13-12-22(25-11-7-8-15-27-25)18-21(23)14-16-30(2)3/h4-13,15,17-18,28H,14,16,19H2,1-3H3. The van der Waals surface area contributed by atoms with Gasteiger partial charge in [-0.3, -0.25) is 4.98 Å². The molecule has 5 nitrogen and oxygen atoms in total. The normalized spacial score (nSPS) is 11.1. The third kappa shape index (κ3) is 5.38. The Kier molecular flexibility index (Phi) is 6.43. The van der Waals surface area contributed by atoms with Crippen LogP contribution in [-0.4, -0.2) is 40.3 Å². The number of nitrogens with one attached hydrogen (secondary N) is 1. The lowest BCUT2D eigenvalue weighted by Gasteiger charge is -2.16. The van der Waals surface area contributed by atoms with Crippen molar-refractivity contribution in [3.8, 4) is 11.3 Å². The van der Waals surface area contributed by atoms with E-state index in [2.05, 4.69) is 76.4 Å². The summed E-state index contributed by atoms with van der Waals surface area (Å²) < 4.78 is 2.05. The van der Waals surface area contributed by atoms with Crippen LogP contribution in [-0.2, 0) is 13.0 Å². The lowest BCUT2D eigenvalue weighted by atomic mass is 9.99. The molecule has 0 bridgehead atoms. The molecule has 4 aromatic rings. The van der Waals surface area contributed by atoms with Crippen molar-refractivity contribution in [3.05, 3.63) is 95.8 Å². The summed E-state index contributed by atoms with van der Waals surface area (Å²) >= 11 is 0. The second-order valence-electron chi connectivity index (χ2n) is 8.07. The zero-order chi connectivity index (χ0) is 21.6. The van der Waals surface area contributed by atoms with E-state index >= 15 is 0 Å². The quantitative estimate of drug-likeness (QED) is 0.436. The van der Waals surface area contributed by atoms with Crippen molar-refractivity contribution in [1.82, 2.24) is 19.7 Å². The Balaban J connectivity index is 1.64. The number of hydrogen-bond acceptors (Lipinski definition) is 4. The Morgan fingerprint density at radius 3 is 2.45 bits per heavy atom. The molecule has 0 amide bonds. The number of aryl methyl sites for hydroxylation is 1. The van der Waals surface area contributed by atoms with Gasteiger partial charge in [0, 0.05) is 30.1 Å². The topological polar surface area (TPSA) is 46.0 Å². The number of para-hydroxylation sites is 1. The maximum Gasteiger partial charge on any atom is 0.129 e. The molecule has 4 rings (SSSR count). The van der Waals surface area contributed by atoms with Crippen molar-refractivity contribution in [1.29, 1.82) is 0 Å². The minimum Gasteiger partial charge on any atom is -0.340 e. The van der Waals surface area contributed by atoms with Crippen molar-refractivity contribution in [3.63, 3.8) is 0 Å². The van der Waals surface area contributed by atoms with Crippen LogP contribution in [0.25, 0.3) is 11.3 Å². The minimum absolute atomic E-state index is 0.717. The highest BCUT2D eigenvalue weighted by molar-refractivity contribution is 5.61. The number of nitrogens with zero attached hydrogens (tertiary/aromatic N) is 4. The van der Waals surface area contributed by atoms with Gasteiger partial charge in [-0.05, 0) is 68.9 Å². The van der Waals surface area contributed by atoms with Gasteiger partial charge in [0.2, 0.25) is 0 Å². The van der Waals surface area contributed by atoms with Gasteiger partial charge in [-0.25, -0.2) is 4.68 Å². The molecule has 0 radical (unpaired) electrons. The van der Waals surface area contributed by atoms with Crippen LogP contribution in [0, 0.1) is 6.92 Å². The third-order valence-electron chi connectivity index (χ3n) is 5.26. The highest BCUT2D eigenvalue weighted by Crippen LogP contribution is 2.24. The Morgan fingerprint density at radius 1 is 0.903 bits per heavy atom. The zero-order valence-corrected chi connectivity index (χ0v) is 18.4. The third-order valence-corrected chi connectivity index (χ3v) is 5.26. The Morgan fingerprint density at radius 2 is 1.71 bits per heavy atom. The summed E-state index contributed by atoms with van der Waals surface area (Å²) in [6.45, 7) is 3.74. The Hall–Kier alpha value is -3.44. The monoisotopic (exact) mass is 411 g/mol. The molecule has 1 N–H and O–H groups in total. The summed E-state index contributed by atoms with van der Waals surface area (Å²) in [6.07, 6.45) is 2.82. The van der Waals surface area contributed by atoms with E-state index in [0.717, 1.165) is 41.4 Å². The molecular formula is C26H29N5. The maximum absolute atomic E-state index is 4.75. The maximum atomic E-state index is 4.75. The van der Waals surface area contributed by atoms with Gasteiger partial charge in [0.15, 0.2) is 0 Å². The minimum atomic E-state index is 0.717. The van der Waals surface area contributed by atoms with E-state index in [4.69, 9.17) is 5.10 Å². The SMILES string of the molecule is Cc1cc(Nc2ccccc2)n(Cc2ccc(-c3ccccn3)cc2CCN(C)C)n1. The number of pyridine rings is 1. The molecule has 0 unspecified atom stereocenters. The van der Waals surface area contributed by atoms with Gasteiger partial charge >= 0.3 is 0 Å². The van der Waals surface area contributed by atoms with Gasteiger partial charge in [0.25, 0.3) is 0 Å². The predicted molar refractivity (Wildman–Crippen MR) is 128 cm³/mol. The summed E-state index contributed by atoms with van der Waals surface area (Å²) in [5, 5.41) is 8.25. The lowest BCUT2D eigenvalue weighted by Crippen LogP contribution is -2.16. The first kappa shape index (κ1) is 20.8. The lowest BCUT2D eigenvalue weighted by molar-refractivity contribution is 0.413. The van der Waals surface area contributed by atoms with E-state index in [0.29, 0.717) is 6.54 Å². The molecule has 31 heavy (non-hydrogen) atoms. The van der Waals surface area contributed by atoms with Crippen molar-refractivity contribution in [2.24, 2.45) is 0 Å². The number of aromatic nitrogens is 3. The van der Waals surface area contributed by atoms with Crippen molar-refractivity contribution in [2.45, 2.75) is 19.9 Å². The molecule has 0 fully saturated rings. The fourth-order valence-corrected chi connectivity index (χ4v) is 3.65. The van der Waals surface area contributed by atoms with Crippen LogP contribution in [0.1, 0.15) is 16.8 Å². The van der Waals surface area contributed by atoms with Gasteiger partial charge in [0.1, 0.15) is 5.82 Å². The molecule has 0 aliphatic carbocycles. The number of hydrogen-bond donors (Lipinski definition) is 1. The van der Waals surface area contributed by atoms with Crippen LogP contribution >= 0.6 is 0 Å². The van der Waals surface area contributed by atoms with Crippen LogP contribution < -0.4 is 5.32 Å². The molecule has 0 saturated carbocycles. The summed E-state index contributed by atoms with van der Waals surface area (Å²) in [5.74, 6) is 0.996. The zero-order valence-electron chi connectivity index (χ0n) is 18.4. The smallest absolute Gasteiger partial charge is 0.129 e. The van der Waals surface area contributed by atoms with E-state index in [1.165, 1.54) is 11.1 Å². The first-order valence-corrected chi connectivity index (χ1v) is 10.6. The Labute approximate surface area is 184 Å². The number of rotatable bonds is 8. The predicted octanol–water partition coefficient (Wildman–Crippen LogP) is 5.15. The summed E-state index contributed by atoms with van der Waals surface area (Å²) in [5.41, 5.74) is 6.82. The molecule has 2 aromatic carbocycles. The fraction of sp³-hybridized carbons (Fsp3) is 0.231. The largest absolute Gasteiger partial charge is 0.340 e. The molecular weight excluding hydrogens is 382 g/mol. The fourth-order valence-electron chi connectivity index (χ4n) is 3.65. The first-order chi connectivity index (χ1) is 15.1. The average molecular weight is 412 g/mol. The number of likely N-dealkylation sites (N-methyl/N-ethyl adjacent to an activating group) is 1. The van der Waals surface area contributed by atoms with Gasteiger partial charge < -0.3 is 10.2 Å². The molecule has 5 heteroatoms. The molecule has 0 aliphatic heterocycles. The number of benzene rings is 2. The van der Waals surface area contributed by atoms with Gasteiger partial charge in [-0.15, -0.1) is 0 Å². The van der Waals surface area contributed by atoms with E-state index in [-0.39, 0.29) is 0 Å². The van der Waals surface area contributed by atoms with Gasteiger partial charge in [0.05, 0.1) is 17.9 Å². The summed E-state index contributed by atoms with van der Waals surface area (Å²) in [6, 6.07) is 25.0. The van der Waals surface area contributed by atoms with Crippen LogP contribution in [0.5, 0.6) is 0 Å². The van der Waals surface area contributed by atoms with Crippen LogP contribution in [0.2, 0.25) is 0 Å². The molecule has 0 saturated heterocycles. The second-order valence-corrected chi connectivity index (χ2v) is 8.07. The highest BCUT2D eigenvalue weighted by Gasteiger charge is 2.12. The summed E-state index contributed by atoms with van der Waals surface area (Å²) in [7, 11) is 4.22. The van der Waals surface area contributed by atoms with Crippen molar-refractivity contribution >= 4 is 11.5 Å². The van der Waals surface area contributed by atoms with Crippen LogP contribution in [0.3, 0.4) is 0 Å². The summed E-state index contributed by atoms with van der Waals surface area (Å²) in [4.78, 5) is 6.75. The second kappa shape index (κ2) is 9.58. The van der Waals surface area contributed by atoms with Crippen molar-refractivity contribution < 1.29 is 0 Å². The molecule has 0 atom stereocenters. The van der Waals surface area contributed by atoms with Crippen molar-refractivity contribution in [2.75, 3.05) is 26.0 Å². The van der Waals surface area contributed by atoms with E-state index in [1.807, 2.05) is 43.5 Å². The van der Waals surface area contributed by atoms with E-state index < -0.39 is 0 Å². The highest BCUT2D eigenvalue weighted by atomic mass is 15.3. The van der Waals surface area contributed by atoms with Gasteiger partial charge in [-0.2, -0.15) is 5.10 Å². The molecule has 158 valence electrons.